The molecule has 1 unspecified atom stereocenters. The molecule has 0 aromatic heterocycles. The lowest BCUT2D eigenvalue weighted by Gasteiger charge is -2.39. The Balaban J connectivity index is 1.76. The molecule has 1 fully saturated rings. The van der Waals surface area contributed by atoms with Gasteiger partial charge in [0.05, 0.1) is 6.10 Å². The summed E-state index contributed by atoms with van der Waals surface area (Å²) in [4.78, 5) is 2.50. The summed E-state index contributed by atoms with van der Waals surface area (Å²) in [5.41, 5.74) is 1.45. The first-order chi connectivity index (χ1) is 9.86. The van der Waals surface area contributed by atoms with Crippen molar-refractivity contribution < 1.29 is 5.11 Å². The predicted octanol–water partition coefficient (Wildman–Crippen LogP) is 4.63. The Morgan fingerprint density at radius 2 is 1.76 bits per heavy atom. The van der Waals surface area contributed by atoms with E-state index in [-0.39, 0.29) is 6.10 Å². The molecule has 1 aliphatic heterocycles. The molecule has 0 radical (unpaired) electrons. The van der Waals surface area contributed by atoms with Crippen molar-refractivity contribution >= 4 is 15.9 Å². The van der Waals surface area contributed by atoms with Crippen LogP contribution in [0, 0.1) is 11.3 Å². The van der Waals surface area contributed by atoms with Gasteiger partial charge in [-0.15, -0.1) is 0 Å². The minimum Gasteiger partial charge on any atom is -0.388 e. The molecule has 1 heterocycles. The van der Waals surface area contributed by atoms with E-state index in [1.165, 1.54) is 25.9 Å². The molecule has 1 atom stereocenters. The molecular formula is C18H28BrNO. The molecule has 3 heteroatoms. The fourth-order valence-corrected chi connectivity index (χ4v) is 3.44. The van der Waals surface area contributed by atoms with E-state index in [1.54, 1.807) is 0 Å². The minimum atomic E-state index is -0.349. The van der Waals surface area contributed by atoms with Gasteiger partial charge in [0.15, 0.2) is 0 Å². The highest BCUT2D eigenvalue weighted by Gasteiger charge is 2.28. The second-order valence-corrected chi connectivity index (χ2v) is 8.25. The topological polar surface area (TPSA) is 23.5 Å². The summed E-state index contributed by atoms with van der Waals surface area (Å²) < 4.78 is 1.06. The Hall–Kier alpha value is -0.380. The Morgan fingerprint density at radius 3 is 2.29 bits per heavy atom. The molecule has 1 aromatic rings. The highest BCUT2D eigenvalue weighted by atomic mass is 79.9. The molecule has 0 amide bonds. The molecule has 2 nitrogen and oxygen atoms in total. The summed E-state index contributed by atoms with van der Waals surface area (Å²) in [5, 5.41) is 10.3. The third-order valence-corrected chi connectivity index (χ3v) is 5.31. The standard InChI is InChI=1S/C18H28BrNO/c1-18(2,3)15-8-11-20(12-9-15)13-10-17(21)14-4-6-16(19)7-5-14/h4-7,15,17,21H,8-13H2,1-3H3. The van der Waals surface area contributed by atoms with Crippen molar-refractivity contribution in [1.82, 2.24) is 4.90 Å². The smallest absolute Gasteiger partial charge is 0.0802 e. The fraction of sp³-hybridized carbons (Fsp3) is 0.667. The second kappa shape index (κ2) is 7.26. The van der Waals surface area contributed by atoms with Crippen LogP contribution in [0.15, 0.2) is 28.7 Å². The highest BCUT2D eigenvalue weighted by molar-refractivity contribution is 9.10. The molecule has 2 rings (SSSR count). The normalized spacial score (nSPS) is 19.7. The van der Waals surface area contributed by atoms with Crippen LogP contribution in [0.1, 0.15) is 51.7 Å². The fourth-order valence-electron chi connectivity index (χ4n) is 3.18. The largest absolute Gasteiger partial charge is 0.388 e. The van der Waals surface area contributed by atoms with Crippen LogP contribution in [0.2, 0.25) is 0 Å². The number of aliphatic hydroxyl groups excluding tert-OH is 1. The molecule has 0 saturated carbocycles. The van der Waals surface area contributed by atoms with Crippen molar-refractivity contribution in [2.24, 2.45) is 11.3 Å². The van der Waals surface area contributed by atoms with Gasteiger partial charge in [0, 0.05) is 11.0 Å². The van der Waals surface area contributed by atoms with Crippen LogP contribution in [0.5, 0.6) is 0 Å². The zero-order valence-corrected chi connectivity index (χ0v) is 15.1. The number of hydrogen-bond donors (Lipinski definition) is 1. The summed E-state index contributed by atoms with van der Waals surface area (Å²) in [7, 11) is 0. The molecule has 1 aliphatic rings. The SMILES string of the molecule is CC(C)(C)C1CCN(CCC(O)c2ccc(Br)cc2)CC1. The molecule has 0 spiro atoms. The van der Waals surface area contributed by atoms with Gasteiger partial charge in [-0.3, -0.25) is 0 Å². The van der Waals surface area contributed by atoms with Gasteiger partial charge in [-0.05, 0) is 61.4 Å². The minimum absolute atomic E-state index is 0.349. The van der Waals surface area contributed by atoms with Gasteiger partial charge in [-0.2, -0.15) is 0 Å². The van der Waals surface area contributed by atoms with Crippen molar-refractivity contribution in [1.29, 1.82) is 0 Å². The Labute approximate surface area is 137 Å². The molecule has 1 N–H and O–H groups in total. The van der Waals surface area contributed by atoms with E-state index in [9.17, 15) is 5.11 Å². The van der Waals surface area contributed by atoms with Crippen LogP contribution in [-0.2, 0) is 0 Å². The number of benzene rings is 1. The number of aliphatic hydroxyl groups is 1. The van der Waals surface area contributed by atoms with Gasteiger partial charge in [-0.25, -0.2) is 0 Å². The van der Waals surface area contributed by atoms with E-state index in [0.29, 0.717) is 5.41 Å². The van der Waals surface area contributed by atoms with Gasteiger partial charge >= 0.3 is 0 Å². The number of piperidine rings is 1. The van der Waals surface area contributed by atoms with Gasteiger partial charge < -0.3 is 10.0 Å². The molecule has 0 bridgehead atoms. The average molecular weight is 354 g/mol. The summed E-state index contributed by atoms with van der Waals surface area (Å²) in [6, 6.07) is 7.99. The number of rotatable bonds is 4. The van der Waals surface area contributed by atoms with Crippen LogP contribution in [0.3, 0.4) is 0 Å². The van der Waals surface area contributed by atoms with Crippen LogP contribution in [0.4, 0.5) is 0 Å². The monoisotopic (exact) mass is 353 g/mol. The predicted molar refractivity (Wildman–Crippen MR) is 92.3 cm³/mol. The van der Waals surface area contributed by atoms with Gasteiger partial charge in [0.25, 0.3) is 0 Å². The first-order valence-corrected chi connectivity index (χ1v) is 8.81. The third-order valence-electron chi connectivity index (χ3n) is 4.79. The first kappa shape index (κ1) is 17.0. The number of nitrogens with zero attached hydrogens (tertiary/aromatic N) is 1. The molecular weight excluding hydrogens is 326 g/mol. The maximum Gasteiger partial charge on any atom is 0.0802 e. The van der Waals surface area contributed by atoms with E-state index in [1.807, 2.05) is 24.3 Å². The van der Waals surface area contributed by atoms with Crippen molar-refractivity contribution in [3.8, 4) is 0 Å². The summed E-state index contributed by atoms with van der Waals surface area (Å²) >= 11 is 3.43. The molecule has 0 aliphatic carbocycles. The lowest BCUT2D eigenvalue weighted by molar-refractivity contribution is 0.0915. The van der Waals surface area contributed by atoms with E-state index in [2.05, 4.69) is 41.6 Å². The van der Waals surface area contributed by atoms with Crippen molar-refractivity contribution in [3.05, 3.63) is 34.3 Å². The van der Waals surface area contributed by atoms with Gasteiger partial charge in [-0.1, -0.05) is 48.8 Å². The molecule has 21 heavy (non-hydrogen) atoms. The van der Waals surface area contributed by atoms with Crippen LogP contribution < -0.4 is 0 Å². The summed E-state index contributed by atoms with van der Waals surface area (Å²) in [5.74, 6) is 0.838. The van der Waals surface area contributed by atoms with E-state index in [0.717, 1.165) is 28.9 Å². The second-order valence-electron chi connectivity index (χ2n) is 7.34. The van der Waals surface area contributed by atoms with E-state index < -0.39 is 0 Å². The lowest BCUT2D eigenvalue weighted by atomic mass is 9.75. The molecule has 1 saturated heterocycles. The Morgan fingerprint density at radius 1 is 1.19 bits per heavy atom. The zero-order valence-electron chi connectivity index (χ0n) is 13.5. The van der Waals surface area contributed by atoms with Crippen molar-refractivity contribution in [2.45, 2.75) is 46.1 Å². The Kier molecular flexibility index (Phi) is 5.87. The van der Waals surface area contributed by atoms with E-state index >= 15 is 0 Å². The first-order valence-electron chi connectivity index (χ1n) is 8.02. The van der Waals surface area contributed by atoms with Crippen LogP contribution in [0.25, 0.3) is 0 Å². The van der Waals surface area contributed by atoms with Gasteiger partial charge in [0.1, 0.15) is 0 Å². The van der Waals surface area contributed by atoms with Crippen molar-refractivity contribution in [3.63, 3.8) is 0 Å². The third kappa shape index (κ3) is 5.08. The molecule has 118 valence electrons. The average Bonchev–Trinajstić information content (AvgIpc) is 2.45. The molecule has 1 aromatic carbocycles. The zero-order chi connectivity index (χ0) is 15.5. The maximum absolute atomic E-state index is 10.3. The number of likely N-dealkylation sites (tertiary alicyclic amines) is 1. The van der Waals surface area contributed by atoms with Crippen LogP contribution in [-0.4, -0.2) is 29.6 Å². The maximum atomic E-state index is 10.3. The Bertz CT molecular complexity index is 430. The van der Waals surface area contributed by atoms with Crippen molar-refractivity contribution in [2.75, 3.05) is 19.6 Å². The van der Waals surface area contributed by atoms with Gasteiger partial charge in [0.2, 0.25) is 0 Å². The van der Waals surface area contributed by atoms with E-state index in [4.69, 9.17) is 0 Å². The van der Waals surface area contributed by atoms with Crippen LogP contribution >= 0.6 is 15.9 Å². The number of halogens is 1. The summed E-state index contributed by atoms with van der Waals surface area (Å²) in [6.07, 6.45) is 3.05. The highest BCUT2D eigenvalue weighted by Crippen LogP contribution is 2.34. The number of hydrogen-bond acceptors (Lipinski definition) is 2. The lowest BCUT2D eigenvalue weighted by Crippen LogP contribution is -2.38. The quantitative estimate of drug-likeness (QED) is 0.852. The summed E-state index contributed by atoms with van der Waals surface area (Å²) in [6.45, 7) is 10.4.